The summed E-state index contributed by atoms with van der Waals surface area (Å²) in [5.74, 6) is -1.43. The number of carbonyl (C=O) groups is 3. The molecule has 6 heteroatoms. The number of rotatable bonds is 7. The molecular weight excluding hydrogens is 190 g/mol. The molecule has 0 heterocycles. The van der Waals surface area contributed by atoms with Gasteiger partial charge in [0.25, 0.3) is 0 Å². The smallest absolute Gasteiger partial charge is 0.368 e. The van der Waals surface area contributed by atoms with Crippen molar-refractivity contribution in [2.45, 2.75) is 26.2 Å². The number of carbonyl (C=O) groups excluding carboxylic acids is 2. The second-order valence-electron chi connectivity index (χ2n) is 2.25. The minimum Gasteiger partial charge on any atom is -0.476 e. The maximum absolute atomic E-state index is 9.60. The number of hydrogen-bond acceptors (Lipinski definition) is 4. The number of unbranched alkanes of at least 4 members (excludes halogenated alkanes) is 2. The van der Waals surface area contributed by atoms with Gasteiger partial charge in [0.15, 0.2) is 0 Å². The van der Waals surface area contributed by atoms with E-state index in [2.05, 4.69) is 17.2 Å². The Morgan fingerprint density at radius 1 is 1.43 bits per heavy atom. The van der Waals surface area contributed by atoms with E-state index in [0.717, 1.165) is 12.8 Å². The Hall–Kier alpha value is -1.43. The van der Waals surface area contributed by atoms with Crippen LogP contribution in [-0.4, -0.2) is 30.4 Å². The highest BCUT2D eigenvalue weighted by atomic mass is 16.6. The fraction of sp³-hybridized carbons (Fsp3) is 0.625. The Labute approximate surface area is 82.2 Å². The SMILES string of the molecule is CCCCCONC=O.O=CC(=O)O. The summed E-state index contributed by atoms with van der Waals surface area (Å²) in [4.78, 5) is 32.2. The Morgan fingerprint density at radius 2 is 2.00 bits per heavy atom. The largest absolute Gasteiger partial charge is 0.476 e. The van der Waals surface area contributed by atoms with Crippen LogP contribution < -0.4 is 5.48 Å². The van der Waals surface area contributed by atoms with Gasteiger partial charge in [-0.3, -0.25) is 14.4 Å². The zero-order valence-electron chi connectivity index (χ0n) is 8.06. The average molecular weight is 205 g/mol. The molecule has 2 N–H and O–H groups in total. The third kappa shape index (κ3) is 22.4. The summed E-state index contributed by atoms with van der Waals surface area (Å²) in [6.45, 7) is 2.74. The van der Waals surface area contributed by atoms with Gasteiger partial charge in [0.2, 0.25) is 12.7 Å². The highest BCUT2D eigenvalue weighted by Gasteiger charge is 1.84. The molecule has 14 heavy (non-hydrogen) atoms. The zero-order chi connectivity index (χ0) is 11.2. The predicted octanol–water partition coefficient (Wildman–Crippen LogP) is 0.124. The van der Waals surface area contributed by atoms with Gasteiger partial charge in [-0.2, -0.15) is 0 Å². The molecule has 0 saturated heterocycles. The van der Waals surface area contributed by atoms with Crippen molar-refractivity contribution in [2.75, 3.05) is 6.61 Å². The van der Waals surface area contributed by atoms with E-state index in [1.165, 1.54) is 6.42 Å². The number of amides is 1. The van der Waals surface area contributed by atoms with Gasteiger partial charge >= 0.3 is 5.97 Å². The second-order valence-corrected chi connectivity index (χ2v) is 2.25. The van der Waals surface area contributed by atoms with Crippen LogP contribution in [0.25, 0.3) is 0 Å². The van der Waals surface area contributed by atoms with Crippen molar-refractivity contribution in [3.8, 4) is 0 Å². The lowest BCUT2D eigenvalue weighted by atomic mass is 10.3. The van der Waals surface area contributed by atoms with Gasteiger partial charge in [0.05, 0.1) is 6.61 Å². The number of aldehydes is 1. The van der Waals surface area contributed by atoms with E-state index >= 15 is 0 Å². The first-order chi connectivity index (χ1) is 6.68. The molecule has 82 valence electrons. The van der Waals surface area contributed by atoms with Gasteiger partial charge < -0.3 is 5.11 Å². The molecule has 0 aliphatic carbocycles. The molecule has 0 aliphatic heterocycles. The molecule has 0 unspecified atom stereocenters. The first kappa shape index (κ1) is 15.1. The molecule has 6 nitrogen and oxygen atoms in total. The average Bonchev–Trinajstić information content (AvgIpc) is 2.19. The highest BCUT2D eigenvalue weighted by molar-refractivity contribution is 6.19. The fourth-order valence-corrected chi connectivity index (χ4v) is 0.517. The van der Waals surface area contributed by atoms with E-state index < -0.39 is 5.97 Å². The van der Waals surface area contributed by atoms with Crippen LogP contribution in [-0.2, 0) is 19.2 Å². The Bertz CT molecular complexity index is 160. The summed E-state index contributed by atoms with van der Waals surface area (Å²) in [5.41, 5.74) is 2.13. The molecule has 1 amide bonds. The van der Waals surface area contributed by atoms with Crippen molar-refractivity contribution in [3.05, 3.63) is 0 Å². The van der Waals surface area contributed by atoms with E-state index in [4.69, 9.17) is 14.7 Å². The minimum absolute atomic E-state index is 0.167. The van der Waals surface area contributed by atoms with E-state index in [1.54, 1.807) is 0 Å². The normalized spacial score (nSPS) is 8.07. The number of hydrogen-bond donors (Lipinski definition) is 2. The highest BCUT2D eigenvalue weighted by Crippen LogP contribution is 1.91. The topological polar surface area (TPSA) is 92.7 Å². The minimum atomic E-state index is -1.43. The van der Waals surface area contributed by atoms with Crippen LogP contribution in [0.15, 0.2) is 0 Å². The molecule has 0 radical (unpaired) electrons. The third-order valence-electron chi connectivity index (χ3n) is 1.08. The predicted molar refractivity (Wildman–Crippen MR) is 48.4 cm³/mol. The number of nitrogens with one attached hydrogen (secondary N) is 1. The lowest BCUT2D eigenvalue weighted by Crippen LogP contribution is -2.12. The third-order valence-corrected chi connectivity index (χ3v) is 1.08. The zero-order valence-corrected chi connectivity index (χ0v) is 8.06. The van der Waals surface area contributed by atoms with Crippen LogP contribution in [0.5, 0.6) is 0 Å². The summed E-state index contributed by atoms with van der Waals surface area (Å²) in [7, 11) is 0. The van der Waals surface area contributed by atoms with Crippen molar-refractivity contribution in [2.24, 2.45) is 0 Å². The van der Waals surface area contributed by atoms with Gasteiger partial charge in [0.1, 0.15) is 0 Å². The van der Waals surface area contributed by atoms with Crippen molar-refractivity contribution in [3.63, 3.8) is 0 Å². The Morgan fingerprint density at radius 3 is 2.36 bits per heavy atom. The monoisotopic (exact) mass is 205 g/mol. The first-order valence-corrected chi connectivity index (χ1v) is 4.18. The lowest BCUT2D eigenvalue weighted by Gasteiger charge is -1.97. The van der Waals surface area contributed by atoms with Crippen LogP contribution in [0.1, 0.15) is 26.2 Å². The van der Waals surface area contributed by atoms with Crippen molar-refractivity contribution in [1.29, 1.82) is 0 Å². The summed E-state index contributed by atoms with van der Waals surface area (Å²) in [6.07, 6.45) is 3.70. The Balaban J connectivity index is 0. The van der Waals surface area contributed by atoms with Crippen LogP contribution in [0, 0.1) is 0 Å². The molecule has 0 aromatic rings. The van der Waals surface area contributed by atoms with Crippen LogP contribution in [0.4, 0.5) is 0 Å². The van der Waals surface area contributed by atoms with Gasteiger partial charge in [-0.1, -0.05) is 19.8 Å². The lowest BCUT2D eigenvalue weighted by molar-refractivity contribution is -0.143. The molecule has 0 saturated carbocycles. The standard InChI is InChI=1S/C6H13NO2.C2H2O3/c1-2-3-4-5-9-7-6-8;3-1-2(4)5/h6H,2-5H2,1H3,(H,7,8);1H,(H,4,5). The van der Waals surface area contributed by atoms with E-state index in [1.807, 2.05) is 0 Å². The van der Waals surface area contributed by atoms with E-state index in [-0.39, 0.29) is 6.29 Å². The molecule has 0 aromatic heterocycles. The van der Waals surface area contributed by atoms with Crippen LogP contribution >= 0.6 is 0 Å². The van der Waals surface area contributed by atoms with Crippen LogP contribution in [0.3, 0.4) is 0 Å². The first-order valence-electron chi connectivity index (χ1n) is 4.18. The maximum Gasteiger partial charge on any atom is 0.368 e. The summed E-state index contributed by atoms with van der Waals surface area (Å²) < 4.78 is 0. The number of aliphatic carboxylic acids is 1. The number of hydroxylamine groups is 1. The summed E-state index contributed by atoms with van der Waals surface area (Å²) in [6, 6.07) is 0. The summed E-state index contributed by atoms with van der Waals surface area (Å²) in [5, 5.41) is 7.35. The van der Waals surface area contributed by atoms with E-state index in [9.17, 15) is 4.79 Å². The number of carboxylic acids is 1. The van der Waals surface area contributed by atoms with Crippen molar-refractivity contribution in [1.82, 2.24) is 5.48 Å². The Kier molecular flexibility index (Phi) is 15.2. The van der Waals surface area contributed by atoms with E-state index in [0.29, 0.717) is 13.0 Å². The van der Waals surface area contributed by atoms with Crippen molar-refractivity contribution >= 4 is 18.7 Å². The van der Waals surface area contributed by atoms with Gasteiger partial charge in [-0.15, -0.1) is 0 Å². The molecule has 0 aromatic carbocycles. The quantitative estimate of drug-likeness (QED) is 0.266. The molecule has 0 spiro atoms. The second kappa shape index (κ2) is 14.1. The molecule has 0 aliphatic rings. The summed E-state index contributed by atoms with van der Waals surface area (Å²) >= 11 is 0. The van der Waals surface area contributed by atoms with Crippen LogP contribution in [0.2, 0.25) is 0 Å². The molecule has 0 atom stereocenters. The van der Waals surface area contributed by atoms with Crippen molar-refractivity contribution < 1.29 is 24.3 Å². The maximum atomic E-state index is 9.60. The molecule has 0 rings (SSSR count). The van der Waals surface area contributed by atoms with Gasteiger partial charge in [-0.05, 0) is 6.42 Å². The molecule has 0 fully saturated rings. The van der Waals surface area contributed by atoms with Gasteiger partial charge in [0, 0.05) is 0 Å². The van der Waals surface area contributed by atoms with Gasteiger partial charge in [-0.25, -0.2) is 10.3 Å². The fourth-order valence-electron chi connectivity index (χ4n) is 0.517. The molecule has 0 bridgehead atoms. The number of carboxylic acid groups (broad SMARTS) is 1. The molecular formula is C8H15NO5.